The maximum Gasteiger partial charge on any atom is 0.325 e. The molecule has 0 aromatic heterocycles. The van der Waals surface area contributed by atoms with Crippen LogP contribution >= 0.6 is 23.5 Å². The Morgan fingerprint density at radius 2 is 1.31 bits per heavy atom. The van der Waals surface area contributed by atoms with Crippen LogP contribution in [0.3, 0.4) is 0 Å². The monoisotopic (exact) mass is 725 g/mol. The molecule has 4 aromatic rings. The molecule has 1 aliphatic heterocycles. The van der Waals surface area contributed by atoms with Crippen LogP contribution in [0.25, 0.3) is 0 Å². The average Bonchev–Trinajstić information content (AvgIpc) is 3.60. The van der Waals surface area contributed by atoms with E-state index in [4.69, 9.17) is 4.74 Å². The molecule has 4 atom stereocenters. The summed E-state index contributed by atoms with van der Waals surface area (Å²) in [7, 11) is 0. The number of esters is 1. The Morgan fingerprint density at radius 1 is 0.824 bits per heavy atom. The quantitative estimate of drug-likeness (QED) is 0.0581. The number of thioether (sulfide) groups is 2. The molecule has 0 spiro atoms. The molecule has 1 fully saturated rings. The van der Waals surface area contributed by atoms with Crippen molar-refractivity contribution in [1.82, 2.24) is 16.0 Å². The van der Waals surface area contributed by atoms with Crippen molar-refractivity contribution >= 4 is 41.4 Å². The molecule has 51 heavy (non-hydrogen) atoms. The van der Waals surface area contributed by atoms with Gasteiger partial charge in [0.05, 0.1) is 4.75 Å². The summed E-state index contributed by atoms with van der Waals surface area (Å²) in [6.07, 6.45) is 2.33. The Kier molecular flexibility index (Phi) is 12.7. The molecule has 4 N–H and O–H groups in total. The maximum absolute atomic E-state index is 14.4. The molecule has 0 saturated carbocycles. The third-order valence-electron chi connectivity index (χ3n) is 8.88. The van der Waals surface area contributed by atoms with Crippen LogP contribution in [0, 0.1) is 0 Å². The van der Waals surface area contributed by atoms with Gasteiger partial charge in [-0.15, -0.1) is 23.5 Å². The summed E-state index contributed by atoms with van der Waals surface area (Å²) in [6.45, 7) is 6.12. The topological polar surface area (TPSA) is 117 Å². The lowest BCUT2D eigenvalue weighted by Gasteiger charge is -2.42. The van der Waals surface area contributed by atoms with E-state index >= 15 is 0 Å². The third-order valence-corrected chi connectivity index (χ3v) is 11.9. The molecular weight excluding hydrogens is 679 g/mol. The van der Waals surface area contributed by atoms with E-state index in [1.165, 1.54) is 11.8 Å². The van der Waals surface area contributed by atoms with Crippen LogP contribution in [0.2, 0.25) is 0 Å². The van der Waals surface area contributed by atoms with Crippen molar-refractivity contribution in [3.63, 3.8) is 0 Å². The van der Waals surface area contributed by atoms with Crippen molar-refractivity contribution in [3.8, 4) is 0 Å². The predicted octanol–water partition coefficient (Wildman–Crippen LogP) is 7.05. The summed E-state index contributed by atoms with van der Waals surface area (Å²) in [6, 6.07) is 38.6. The Hall–Kier alpha value is -4.09. The fourth-order valence-electron chi connectivity index (χ4n) is 6.54. The minimum Gasteiger partial charge on any atom is -0.481 e. The first kappa shape index (κ1) is 38.1. The third kappa shape index (κ3) is 9.43. The minimum atomic E-state index is -1.32. The van der Waals surface area contributed by atoms with Crippen molar-refractivity contribution in [2.75, 3.05) is 12.8 Å². The zero-order valence-corrected chi connectivity index (χ0v) is 31.1. The second-order valence-electron chi connectivity index (χ2n) is 13.6. The lowest BCUT2D eigenvalue weighted by atomic mass is 9.84. The average molecular weight is 726 g/mol. The van der Waals surface area contributed by atoms with Crippen LogP contribution in [0.4, 0.5) is 0 Å². The smallest absolute Gasteiger partial charge is 0.325 e. The van der Waals surface area contributed by atoms with Gasteiger partial charge in [0.2, 0.25) is 0 Å². The van der Waals surface area contributed by atoms with E-state index in [1.807, 2.05) is 45.0 Å². The number of benzene rings is 4. The molecule has 1 aliphatic rings. The van der Waals surface area contributed by atoms with E-state index in [2.05, 4.69) is 88.7 Å². The highest BCUT2D eigenvalue weighted by molar-refractivity contribution is 8.01. The zero-order valence-electron chi connectivity index (χ0n) is 29.5. The van der Waals surface area contributed by atoms with Gasteiger partial charge in [-0.2, -0.15) is 0 Å². The molecule has 4 aromatic carbocycles. The Labute approximate surface area is 309 Å². The van der Waals surface area contributed by atoms with Gasteiger partial charge in [-0.3, -0.25) is 19.7 Å². The molecule has 1 heterocycles. The molecule has 8 nitrogen and oxygen atoms in total. The van der Waals surface area contributed by atoms with Crippen LogP contribution < -0.4 is 16.0 Å². The fraction of sp³-hybridized carbons (Fsp3) is 0.341. The fourth-order valence-corrected chi connectivity index (χ4v) is 9.19. The number of ether oxygens (including phenoxy) is 1. The number of hydrogen-bond donors (Lipinski definition) is 4. The van der Waals surface area contributed by atoms with Gasteiger partial charge >= 0.3 is 11.9 Å². The lowest BCUT2D eigenvalue weighted by Crippen LogP contribution is -2.66. The van der Waals surface area contributed by atoms with Crippen LogP contribution in [0.15, 0.2) is 121 Å². The van der Waals surface area contributed by atoms with Crippen molar-refractivity contribution in [2.45, 2.75) is 72.7 Å². The zero-order chi connectivity index (χ0) is 36.5. The van der Waals surface area contributed by atoms with Crippen molar-refractivity contribution < 1.29 is 24.2 Å². The van der Waals surface area contributed by atoms with Gasteiger partial charge in [-0.25, -0.2) is 0 Å². The molecule has 0 radical (unpaired) electrons. The number of rotatable bonds is 15. The van der Waals surface area contributed by atoms with Gasteiger partial charge in [0.25, 0.3) is 5.91 Å². The Bertz CT molecular complexity index is 1640. The highest BCUT2D eigenvalue weighted by Gasteiger charge is 2.49. The molecule has 0 aliphatic carbocycles. The summed E-state index contributed by atoms with van der Waals surface area (Å²) in [5.74, 6) is -1.88. The second kappa shape index (κ2) is 17.0. The number of nitrogens with one attached hydrogen (secondary N) is 3. The number of carbonyl (C=O) groups is 3. The molecule has 0 bridgehead atoms. The second-order valence-corrected chi connectivity index (χ2v) is 16.2. The largest absolute Gasteiger partial charge is 0.481 e. The molecule has 10 heteroatoms. The van der Waals surface area contributed by atoms with Gasteiger partial charge in [0.15, 0.2) is 0 Å². The number of hydrogen-bond acceptors (Lipinski definition) is 8. The molecule has 4 unspecified atom stereocenters. The summed E-state index contributed by atoms with van der Waals surface area (Å²) in [4.78, 5) is 38.6. The minimum absolute atomic E-state index is 0.0217. The lowest BCUT2D eigenvalue weighted by molar-refractivity contribution is -0.158. The van der Waals surface area contributed by atoms with Gasteiger partial charge in [0.1, 0.15) is 16.6 Å². The van der Waals surface area contributed by atoms with Crippen LogP contribution in [0.5, 0.6) is 0 Å². The van der Waals surface area contributed by atoms with E-state index in [-0.39, 0.29) is 24.0 Å². The number of carbonyl (C=O) groups excluding carboxylic acids is 2. The molecule has 5 rings (SSSR count). The predicted molar refractivity (Wildman–Crippen MR) is 207 cm³/mol. The molecular formula is C41H47N3O5S2. The van der Waals surface area contributed by atoms with Crippen molar-refractivity contribution in [2.24, 2.45) is 0 Å². The van der Waals surface area contributed by atoms with E-state index in [9.17, 15) is 19.5 Å². The molecule has 268 valence electrons. The van der Waals surface area contributed by atoms with Gasteiger partial charge in [-0.1, -0.05) is 109 Å². The van der Waals surface area contributed by atoms with Crippen molar-refractivity contribution in [1.29, 1.82) is 0 Å². The number of amides is 1. The number of carboxylic acid groups (broad SMARTS) is 1. The van der Waals surface area contributed by atoms with Crippen molar-refractivity contribution in [3.05, 3.63) is 144 Å². The number of aliphatic carboxylic acids is 1. The van der Waals surface area contributed by atoms with Crippen LogP contribution in [-0.2, 0) is 19.1 Å². The summed E-state index contributed by atoms with van der Waals surface area (Å²) >= 11 is 3.06. The standard InChI is InChI=1S/C41H47N3O5S2/c1-39(2,3)49-38(48)36(43-40(50-4,27-25-34(45)46)44-37(47)29-17-9-5-10-18-29)35-33(26-28-42-35)51-41(30-19-11-6-12-20-30,31-21-13-7-14-22-31)32-23-15-8-16-24-32/h5-24,33,35-36,42-43H,25-28H2,1-4H3,(H,44,47)(H,45,46). The van der Waals surface area contributed by atoms with Crippen LogP contribution in [0.1, 0.15) is 67.1 Å². The Morgan fingerprint density at radius 3 is 1.76 bits per heavy atom. The van der Waals surface area contributed by atoms with E-state index in [0.717, 1.165) is 23.1 Å². The van der Waals surface area contributed by atoms with Crippen LogP contribution in [-0.4, -0.2) is 63.7 Å². The van der Waals surface area contributed by atoms with Gasteiger partial charge < -0.3 is 20.5 Å². The first-order valence-corrected chi connectivity index (χ1v) is 19.3. The Balaban J connectivity index is 1.60. The van der Waals surface area contributed by atoms with E-state index < -0.39 is 39.4 Å². The van der Waals surface area contributed by atoms with E-state index in [1.54, 1.807) is 42.3 Å². The van der Waals surface area contributed by atoms with Gasteiger partial charge in [0, 0.05) is 29.7 Å². The SMILES string of the molecule is CSC(CCC(=O)O)(NC(=O)c1ccccc1)NC(C(=O)OC(C)(C)C)C1NCCC1SC(c1ccccc1)(c1ccccc1)c1ccccc1. The summed E-state index contributed by atoms with van der Waals surface area (Å²) < 4.78 is 5.42. The summed E-state index contributed by atoms with van der Waals surface area (Å²) in [5.41, 5.74) is 2.95. The number of carboxylic acids is 1. The maximum atomic E-state index is 14.4. The first-order valence-electron chi connectivity index (χ1n) is 17.2. The molecule has 1 saturated heterocycles. The van der Waals surface area contributed by atoms with Gasteiger partial charge in [-0.05, 0) is 68.8 Å². The highest BCUT2D eigenvalue weighted by Crippen LogP contribution is 2.52. The van der Waals surface area contributed by atoms with E-state index in [0.29, 0.717) is 12.1 Å². The summed E-state index contributed by atoms with van der Waals surface area (Å²) in [5, 5.41) is 19.8. The highest BCUT2D eigenvalue weighted by atomic mass is 32.2. The normalized spacial score (nSPS) is 18.0. The first-order chi connectivity index (χ1) is 24.5. The molecule has 1 amide bonds.